The molecule has 2 aromatic carbocycles. The minimum Gasteiger partial charge on any atom is -0.497 e. The first-order valence-corrected chi connectivity index (χ1v) is 8.34. The Labute approximate surface area is 151 Å². The molecule has 0 unspecified atom stereocenters. The number of ether oxygens (including phenoxy) is 2. The van der Waals surface area contributed by atoms with Crippen LogP contribution in [-0.4, -0.2) is 30.5 Å². The van der Waals surface area contributed by atoms with Crippen LogP contribution in [0.15, 0.2) is 42.5 Å². The molecule has 0 fully saturated rings. The zero-order valence-corrected chi connectivity index (χ0v) is 14.6. The highest BCUT2D eigenvalue weighted by atomic mass is 16.5. The van der Waals surface area contributed by atoms with Crippen LogP contribution in [0.25, 0.3) is 16.9 Å². The highest BCUT2D eigenvalue weighted by Crippen LogP contribution is 2.40. The molecule has 0 amide bonds. The zero-order chi connectivity index (χ0) is 18.1. The molecule has 6 heteroatoms. The van der Waals surface area contributed by atoms with Crippen molar-refractivity contribution < 1.29 is 9.47 Å². The van der Waals surface area contributed by atoms with Gasteiger partial charge in [-0.15, -0.1) is 0 Å². The number of nitriles is 1. The van der Waals surface area contributed by atoms with E-state index in [9.17, 15) is 5.26 Å². The standard InChI is InChI=1S/C20H18N4O2/c1-25-14-7-8-15(18(11-14)26-2)19-16-9-10-22-20(16)24(23-19)17-6-4-3-5-13(17)12-21/h3-8,11,22H,9-10H2,1-2H3. The Bertz CT molecular complexity index is 1020. The van der Waals surface area contributed by atoms with Crippen molar-refractivity contribution in [3.8, 4) is 34.5 Å². The van der Waals surface area contributed by atoms with E-state index in [1.54, 1.807) is 20.3 Å². The summed E-state index contributed by atoms with van der Waals surface area (Å²) in [6.45, 7) is 0.841. The fraction of sp³-hybridized carbons (Fsp3) is 0.200. The summed E-state index contributed by atoms with van der Waals surface area (Å²) in [5, 5.41) is 17.7. The maximum atomic E-state index is 9.45. The van der Waals surface area contributed by atoms with Crippen LogP contribution in [0.1, 0.15) is 11.1 Å². The zero-order valence-electron chi connectivity index (χ0n) is 14.6. The molecular weight excluding hydrogens is 328 g/mol. The number of aromatic nitrogens is 2. The third kappa shape index (κ3) is 2.45. The van der Waals surface area contributed by atoms with E-state index in [1.807, 2.05) is 41.1 Å². The SMILES string of the molecule is COc1ccc(-c2nn(-c3ccccc3C#N)c3c2CCN3)c(OC)c1. The van der Waals surface area contributed by atoms with Crippen molar-refractivity contribution in [1.82, 2.24) is 9.78 Å². The van der Waals surface area contributed by atoms with Crippen molar-refractivity contribution in [2.75, 3.05) is 26.1 Å². The van der Waals surface area contributed by atoms with Gasteiger partial charge in [-0.05, 0) is 30.7 Å². The Balaban J connectivity index is 1.92. The summed E-state index contributed by atoms with van der Waals surface area (Å²) in [5.41, 5.74) is 4.24. The molecule has 6 nitrogen and oxygen atoms in total. The first-order valence-electron chi connectivity index (χ1n) is 8.34. The van der Waals surface area contributed by atoms with Crippen LogP contribution >= 0.6 is 0 Å². The van der Waals surface area contributed by atoms with Crippen molar-refractivity contribution in [2.24, 2.45) is 0 Å². The molecule has 0 saturated carbocycles. The van der Waals surface area contributed by atoms with E-state index in [0.29, 0.717) is 11.3 Å². The monoisotopic (exact) mass is 346 g/mol. The van der Waals surface area contributed by atoms with Crippen LogP contribution in [0.5, 0.6) is 11.5 Å². The van der Waals surface area contributed by atoms with E-state index in [-0.39, 0.29) is 0 Å². The van der Waals surface area contributed by atoms with Gasteiger partial charge in [0.05, 0.1) is 25.5 Å². The second-order valence-corrected chi connectivity index (χ2v) is 5.96. The lowest BCUT2D eigenvalue weighted by Gasteiger charge is -2.10. The number of nitrogens with one attached hydrogen (secondary N) is 1. The molecule has 2 heterocycles. The highest BCUT2D eigenvalue weighted by molar-refractivity contribution is 5.77. The van der Waals surface area contributed by atoms with Gasteiger partial charge in [0.15, 0.2) is 0 Å². The quantitative estimate of drug-likeness (QED) is 0.784. The van der Waals surface area contributed by atoms with Crippen molar-refractivity contribution in [3.05, 3.63) is 53.6 Å². The smallest absolute Gasteiger partial charge is 0.133 e. The minimum atomic E-state index is 0.583. The summed E-state index contributed by atoms with van der Waals surface area (Å²) in [4.78, 5) is 0. The summed E-state index contributed by atoms with van der Waals surface area (Å²) in [6.07, 6.45) is 0.870. The van der Waals surface area contributed by atoms with Gasteiger partial charge in [0.1, 0.15) is 29.1 Å². The van der Waals surface area contributed by atoms with Crippen LogP contribution in [0, 0.1) is 11.3 Å². The summed E-state index contributed by atoms with van der Waals surface area (Å²) >= 11 is 0. The molecule has 1 aliphatic rings. The number of para-hydroxylation sites is 1. The van der Waals surface area contributed by atoms with E-state index in [2.05, 4.69) is 11.4 Å². The predicted octanol–water partition coefficient (Wildman–Crippen LogP) is 3.40. The number of hydrogen-bond donors (Lipinski definition) is 1. The summed E-state index contributed by atoms with van der Waals surface area (Å²) in [7, 11) is 3.27. The summed E-state index contributed by atoms with van der Waals surface area (Å²) < 4.78 is 12.7. The molecule has 1 aromatic heterocycles. The molecule has 0 spiro atoms. The van der Waals surface area contributed by atoms with Crippen LogP contribution in [0.4, 0.5) is 5.82 Å². The van der Waals surface area contributed by atoms with Gasteiger partial charge < -0.3 is 14.8 Å². The average molecular weight is 346 g/mol. The largest absolute Gasteiger partial charge is 0.497 e. The van der Waals surface area contributed by atoms with Gasteiger partial charge in [-0.1, -0.05) is 12.1 Å². The van der Waals surface area contributed by atoms with Gasteiger partial charge in [-0.3, -0.25) is 0 Å². The maximum Gasteiger partial charge on any atom is 0.133 e. The Kier molecular flexibility index (Phi) is 3.98. The van der Waals surface area contributed by atoms with E-state index in [0.717, 1.165) is 47.0 Å². The Morgan fingerprint density at radius 1 is 1.15 bits per heavy atom. The van der Waals surface area contributed by atoms with Gasteiger partial charge in [0, 0.05) is 23.7 Å². The Morgan fingerprint density at radius 3 is 2.77 bits per heavy atom. The molecule has 0 saturated heterocycles. The number of rotatable bonds is 4. The number of nitrogens with zero attached hydrogens (tertiary/aromatic N) is 3. The highest BCUT2D eigenvalue weighted by Gasteiger charge is 2.26. The van der Waals surface area contributed by atoms with Crippen molar-refractivity contribution in [2.45, 2.75) is 6.42 Å². The second kappa shape index (κ2) is 6.45. The minimum absolute atomic E-state index is 0.583. The van der Waals surface area contributed by atoms with Crippen LogP contribution in [-0.2, 0) is 6.42 Å². The molecule has 4 rings (SSSR count). The lowest BCUT2D eigenvalue weighted by atomic mass is 10.1. The Hall–Kier alpha value is -3.46. The van der Waals surface area contributed by atoms with Gasteiger partial charge in [0.25, 0.3) is 0 Å². The third-order valence-corrected chi connectivity index (χ3v) is 4.57. The lowest BCUT2D eigenvalue weighted by molar-refractivity contribution is 0.395. The summed E-state index contributed by atoms with van der Waals surface area (Å²) in [6, 6.07) is 15.4. The van der Waals surface area contributed by atoms with Gasteiger partial charge >= 0.3 is 0 Å². The second-order valence-electron chi connectivity index (χ2n) is 5.96. The molecule has 0 atom stereocenters. The Morgan fingerprint density at radius 2 is 2.00 bits per heavy atom. The van der Waals surface area contributed by atoms with Crippen molar-refractivity contribution >= 4 is 5.82 Å². The first-order chi connectivity index (χ1) is 12.8. The third-order valence-electron chi connectivity index (χ3n) is 4.57. The van der Waals surface area contributed by atoms with E-state index in [1.165, 1.54) is 0 Å². The molecule has 1 aliphatic heterocycles. The number of hydrogen-bond acceptors (Lipinski definition) is 5. The van der Waals surface area contributed by atoms with E-state index < -0.39 is 0 Å². The molecule has 1 N–H and O–H groups in total. The van der Waals surface area contributed by atoms with Crippen LogP contribution in [0.3, 0.4) is 0 Å². The number of fused-ring (bicyclic) bond motifs is 1. The molecule has 130 valence electrons. The van der Waals surface area contributed by atoms with Crippen LogP contribution < -0.4 is 14.8 Å². The van der Waals surface area contributed by atoms with Crippen molar-refractivity contribution in [1.29, 1.82) is 5.26 Å². The topological polar surface area (TPSA) is 72.1 Å². The van der Waals surface area contributed by atoms with Crippen LogP contribution in [0.2, 0.25) is 0 Å². The first kappa shape index (κ1) is 16.0. The van der Waals surface area contributed by atoms with Gasteiger partial charge in [-0.25, -0.2) is 4.68 Å². The van der Waals surface area contributed by atoms with Crippen molar-refractivity contribution in [3.63, 3.8) is 0 Å². The molecule has 0 radical (unpaired) electrons. The lowest BCUT2D eigenvalue weighted by Crippen LogP contribution is -2.06. The number of anilines is 1. The molecule has 3 aromatic rings. The van der Waals surface area contributed by atoms with Gasteiger partial charge in [0.2, 0.25) is 0 Å². The fourth-order valence-electron chi connectivity index (χ4n) is 3.31. The van der Waals surface area contributed by atoms with E-state index in [4.69, 9.17) is 14.6 Å². The predicted molar refractivity (Wildman–Crippen MR) is 99.0 cm³/mol. The molecule has 0 bridgehead atoms. The summed E-state index contributed by atoms with van der Waals surface area (Å²) in [5.74, 6) is 2.37. The molecule has 0 aliphatic carbocycles. The molecular formula is C20H18N4O2. The van der Waals surface area contributed by atoms with Gasteiger partial charge in [-0.2, -0.15) is 10.4 Å². The molecule has 26 heavy (non-hydrogen) atoms. The normalized spacial score (nSPS) is 12.2. The maximum absolute atomic E-state index is 9.45. The van der Waals surface area contributed by atoms with E-state index >= 15 is 0 Å². The number of benzene rings is 2. The fourth-order valence-corrected chi connectivity index (χ4v) is 3.31. The number of methoxy groups -OCH3 is 2. The average Bonchev–Trinajstić information content (AvgIpc) is 3.30.